The van der Waals surface area contributed by atoms with Gasteiger partial charge in [-0.2, -0.15) is 0 Å². The van der Waals surface area contributed by atoms with Crippen molar-refractivity contribution in [3.8, 4) is 0 Å². The van der Waals surface area contributed by atoms with Gasteiger partial charge in [-0.3, -0.25) is 0 Å². The minimum absolute atomic E-state index is 0.384. The number of hydrogen-bond donors (Lipinski definition) is 1. The fourth-order valence-electron chi connectivity index (χ4n) is 2.11. The summed E-state index contributed by atoms with van der Waals surface area (Å²) in [4.78, 5) is 4.33. The first-order valence-electron chi connectivity index (χ1n) is 5.82. The molecular formula is C11H17N3O. The third-order valence-corrected chi connectivity index (χ3v) is 3.12. The molecule has 0 bridgehead atoms. The van der Waals surface area contributed by atoms with Crippen molar-refractivity contribution in [2.24, 2.45) is 0 Å². The van der Waals surface area contributed by atoms with Crippen LogP contribution in [0.1, 0.15) is 31.7 Å². The van der Waals surface area contributed by atoms with Crippen LogP contribution in [-0.4, -0.2) is 28.8 Å². The fraction of sp³-hybridized carbons (Fsp3) is 0.727. The lowest BCUT2D eigenvalue weighted by Crippen LogP contribution is -2.20. The van der Waals surface area contributed by atoms with Gasteiger partial charge >= 0.3 is 0 Å². The van der Waals surface area contributed by atoms with Crippen molar-refractivity contribution < 1.29 is 4.74 Å². The summed E-state index contributed by atoms with van der Waals surface area (Å²) >= 11 is 0. The van der Waals surface area contributed by atoms with Crippen LogP contribution in [0, 0.1) is 0 Å². The molecule has 3 rings (SSSR count). The number of ether oxygens (including phenoxy) is 1. The van der Waals surface area contributed by atoms with Crippen LogP contribution in [0.15, 0.2) is 12.4 Å². The molecule has 1 aromatic rings. The predicted molar refractivity (Wildman–Crippen MR) is 58.0 cm³/mol. The topological polar surface area (TPSA) is 39.1 Å². The van der Waals surface area contributed by atoms with E-state index < -0.39 is 0 Å². The molecule has 0 spiro atoms. The van der Waals surface area contributed by atoms with Crippen molar-refractivity contribution in [2.45, 2.75) is 37.8 Å². The first-order chi connectivity index (χ1) is 7.43. The lowest BCUT2D eigenvalue weighted by Gasteiger charge is -2.12. The van der Waals surface area contributed by atoms with E-state index >= 15 is 0 Å². The summed E-state index contributed by atoms with van der Waals surface area (Å²) in [6, 6.07) is 0.694. The molecule has 1 saturated heterocycles. The molecule has 0 aromatic carbocycles. The Morgan fingerprint density at radius 3 is 3.13 bits per heavy atom. The molecular weight excluding hydrogens is 190 g/mol. The summed E-state index contributed by atoms with van der Waals surface area (Å²) in [5.74, 6) is 1.01. The van der Waals surface area contributed by atoms with Crippen LogP contribution in [0.3, 0.4) is 0 Å². The van der Waals surface area contributed by atoms with Gasteiger partial charge in [-0.15, -0.1) is 0 Å². The molecule has 1 unspecified atom stereocenters. The van der Waals surface area contributed by atoms with Crippen LogP contribution in [0.2, 0.25) is 0 Å². The summed E-state index contributed by atoms with van der Waals surface area (Å²) in [7, 11) is 0. The van der Waals surface area contributed by atoms with Gasteiger partial charge in [0.1, 0.15) is 0 Å². The first kappa shape index (κ1) is 9.21. The van der Waals surface area contributed by atoms with Crippen LogP contribution in [0.25, 0.3) is 0 Å². The lowest BCUT2D eigenvalue weighted by atomic mass is 10.2. The van der Waals surface area contributed by atoms with E-state index in [-0.39, 0.29) is 0 Å². The van der Waals surface area contributed by atoms with E-state index in [0.29, 0.717) is 12.1 Å². The maximum atomic E-state index is 5.57. The second-order valence-electron chi connectivity index (χ2n) is 4.41. The Morgan fingerprint density at radius 1 is 1.47 bits per heavy atom. The van der Waals surface area contributed by atoms with Gasteiger partial charge in [-0.05, 0) is 25.7 Å². The quantitative estimate of drug-likeness (QED) is 0.818. The Balaban J connectivity index is 1.58. The zero-order valence-electron chi connectivity index (χ0n) is 8.85. The third kappa shape index (κ3) is 2.00. The summed E-state index contributed by atoms with van der Waals surface area (Å²) in [5, 5.41) is 3.38. The van der Waals surface area contributed by atoms with Crippen LogP contribution in [0.4, 0.5) is 5.95 Å². The average molecular weight is 207 g/mol. The second kappa shape index (κ2) is 3.85. The Morgan fingerprint density at radius 2 is 2.40 bits per heavy atom. The largest absolute Gasteiger partial charge is 0.376 e. The van der Waals surface area contributed by atoms with Gasteiger partial charge in [0.15, 0.2) is 0 Å². The smallest absolute Gasteiger partial charge is 0.203 e. The first-order valence-corrected chi connectivity index (χ1v) is 5.82. The van der Waals surface area contributed by atoms with E-state index in [0.717, 1.165) is 19.1 Å². The minimum Gasteiger partial charge on any atom is -0.376 e. The second-order valence-corrected chi connectivity index (χ2v) is 4.41. The fourth-order valence-corrected chi connectivity index (χ4v) is 2.11. The van der Waals surface area contributed by atoms with E-state index in [9.17, 15) is 0 Å². The molecule has 15 heavy (non-hydrogen) atoms. The standard InChI is InChI=1S/C11H17N3O/c1-2-10(15-7-1)8-13-11-12-5-6-14(11)9-3-4-9/h5-6,9-10H,1-4,7-8H2,(H,12,13). The Hall–Kier alpha value is -1.03. The molecule has 4 nitrogen and oxygen atoms in total. The van der Waals surface area contributed by atoms with E-state index in [1.165, 1.54) is 25.7 Å². The molecule has 1 N–H and O–H groups in total. The van der Waals surface area contributed by atoms with Crippen molar-refractivity contribution >= 4 is 5.95 Å². The third-order valence-electron chi connectivity index (χ3n) is 3.12. The van der Waals surface area contributed by atoms with Crippen molar-refractivity contribution in [1.29, 1.82) is 0 Å². The molecule has 2 heterocycles. The maximum absolute atomic E-state index is 5.57. The van der Waals surface area contributed by atoms with Crippen molar-refractivity contribution in [2.75, 3.05) is 18.5 Å². The maximum Gasteiger partial charge on any atom is 0.203 e. The van der Waals surface area contributed by atoms with E-state index in [1.807, 2.05) is 6.20 Å². The highest BCUT2D eigenvalue weighted by Gasteiger charge is 2.25. The van der Waals surface area contributed by atoms with Crippen molar-refractivity contribution in [1.82, 2.24) is 9.55 Å². The highest BCUT2D eigenvalue weighted by molar-refractivity contribution is 5.28. The van der Waals surface area contributed by atoms with E-state index in [1.54, 1.807) is 0 Å². The molecule has 0 radical (unpaired) electrons. The normalized spacial score (nSPS) is 25.7. The van der Waals surface area contributed by atoms with Crippen molar-refractivity contribution in [3.05, 3.63) is 12.4 Å². The zero-order valence-corrected chi connectivity index (χ0v) is 8.85. The Kier molecular flexibility index (Phi) is 2.37. The molecule has 82 valence electrons. The summed E-state index contributed by atoms with van der Waals surface area (Å²) in [5.41, 5.74) is 0. The van der Waals surface area contributed by atoms with Gasteiger partial charge in [-0.1, -0.05) is 0 Å². The van der Waals surface area contributed by atoms with Crippen LogP contribution in [0.5, 0.6) is 0 Å². The summed E-state index contributed by atoms with van der Waals surface area (Å²) in [6.45, 7) is 1.81. The number of nitrogens with zero attached hydrogens (tertiary/aromatic N) is 2. The van der Waals surface area contributed by atoms with Gasteiger partial charge in [0.2, 0.25) is 5.95 Å². The van der Waals surface area contributed by atoms with Crippen LogP contribution >= 0.6 is 0 Å². The molecule has 1 atom stereocenters. The van der Waals surface area contributed by atoms with Gasteiger partial charge < -0.3 is 14.6 Å². The molecule has 0 amide bonds. The van der Waals surface area contributed by atoms with E-state index in [4.69, 9.17) is 4.74 Å². The summed E-state index contributed by atoms with van der Waals surface area (Å²) in [6.07, 6.45) is 9.29. The summed E-state index contributed by atoms with van der Waals surface area (Å²) < 4.78 is 7.81. The number of aromatic nitrogens is 2. The highest BCUT2D eigenvalue weighted by atomic mass is 16.5. The van der Waals surface area contributed by atoms with Gasteiger partial charge in [0.05, 0.1) is 6.10 Å². The predicted octanol–water partition coefficient (Wildman–Crippen LogP) is 1.81. The number of rotatable bonds is 4. The highest BCUT2D eigenvalue weighted by Crippen LogP contribution is 2.36. The minimum atomic E-state index is 0.384. The number of nitrogens with one attached hydrogen (secondary N) is 1. The number of hydrogen-bond acceptors (Lipinski definition) is 3. The number of imidazole rings is 1. The SMILES string of the molecule is c1cn(C2CC2)c(NCC2CCCO2)n1. The molecule has 2 aliphatic rings. The molecule has 1 aromatic heterocycles. The Bertz CT molecular complexity index is 326. The molecule has 1 aliphatic carbocycles. The van der Waals surface area contributed by atoms with Crippen LogP contribution < -0.4 is 5.32 Å². The van der Waals surface area contributed by atoms with Crippen molar-refractivity contribution in [3.63, 3.8) is 0 Å². The van der Waals surface area contributed by atoms with E-state index in [2.05, 4.69) is 21.1 Å². The molecule has 2 fully saturated rings. The van der Waals surface area contributed by atoms with Gasteiger partial charge in [0, 0.05) is 31.6 Å². The monoisotopic (exact) mass is 207 g/mol. The number of anilines is 1. The molecule has 1 saturated carbocycles. The lowest BCUT2D eigenvalue weighted by molar-refractivity contribution is 0.120. The van der Waals surface area contributed by atoms with Gasteiger partial charge in [-0.25, -0.2) is 4.98 Å². The Labute approximate surface area is 89.6 Å². The zero-order chi connectivity index (χ0) is 10.1. The average Bonchev–Trinajstić information content (AvgIpc) is 2.81. The molecule has 4 heteroatoms. The molecule has 1 aliphatic heterocycles. The van der Waals surface area contributed by atoms with Crippen LogP contribution in [-0.2, 0) is 4.74 Å². The van der Waals surface area contributed by atoms with Gasteiger partial charge in [0.25, 0.3) is 0 Å².